The molecule has 0 aliphatic rings. The summed E-state index contributed by atoms with van der Waals surface area (Å²) in [6.45, 7) is 8.61. The Hall–Kier alpha value is -0.900. The van der Waals surface area contributed by atoms with Gasteiger partial charge in [0.2, 0.25) is 0 Å². The summed E-state index contributed by atoms with van der Waals surface area (Å²) in [6, 6.07) is 8.40. The first-order valence-electron chi connectivity index (χ1n) is 6.94. The van der Waals surface area contributed by atoms with Crippen LogP contribution < -0.4 is 5.32 Å². The maximum absolute atomic E-state index is 6.36. The van der Waals surface area contributed by atoms with Gasteiger partial charge in [0.1, 0.15) is 5.01 Å². The van der Waals surface area contributed by atoms with Crippen molar-refractivity contribution in [3.8, 4) is 0 Å². The predicted molar refractivity (Wildman–Crippen MR) is 87.8 cm³/mol. The summed E-state index contributed by atoms with van der Waals surface area (Å²) in [5, 5.41) is 7.58. The maximum Gasteiger partial charge on any atom is 0.114 e. The summed E-state index contributed by atoms with van der Waals surface area (Å²) in [7, 11) is 0. The number of hydrogen-bond acceptors (Lipinski definition) is 3. The summed E-state index contributed by atoms with van der Waals surface area (Å²) in [5.41, 5.74) is 2.24. The molecule has 0 saturated carbocycles. The minimum Gasteiger partial charge on any atom is -0.302 e. The van der Waals surface area contributed by atoms with Crippen molar-refractivity contribution < 1.29 is 0 Å². The van der Waals surface area contributed by atoms with E-state index < -0.39 is 0 Å². The number of halogens is 1. The Balaban J connectivity index is 2.39. The van der Waals surface area contributed by atoms with Gasteiger partial charge in [-0.2, -0.15) is 0 Å². The molecule has 1 heterocycles. The number of nitrogens with one attached hydrogen (secondary N) is 1. The smallest absolute Gasteiger partial charge is 0.114 e. The monoisotopic (exact) mass is 308 g/mol. The first-order chi connectivity index (χ1) is 9.49. The molecule has 0 spiro atoms. The number of rotatable bonds is 5. The van der Waals surface area contributed by atoms with Crippen LogP contribution in [0, 0.1) is 0 Å². The fourth-order valence-corrected chi connectivity index (χ4v) is 3.34. The van der Waals surface area contributed by atoms with E-state index >= 15 is 0 Å². The van der Waals surface area contributed by atoms with Crippen LogP contribution >= 0.6 is 22.9 Å². The summed E-state index contributed by atoms with van der Waals surface area (Å²) < 4.78 is 0. The Morgan fingerprint density at radius 2 is 1.85 bits per heavy atom. The van der Waals surface area contributed by atoms with Gasteiger partial charge in [-0.05, 0) is 31.4 Å². The fraction of sp³-hybridized carbons (Fsp3) is 0.438. The lowest BCUT2D eigenvalue weighted by atomic mass is 10.1. The third-order valence-electron chi connectivity index (χ3n) is 3.09. The van der Waals surface area contributed by atoms with Gasteiger partial charge in [-0.15, -0.1) is 11.3 Å². The van der Waals surface area contributed by atoms with Crippen LogP contribution in [-0.2, 0) is 0 Å². The summed E-state index contributed by atoms with van der Waals surface area (Å²) in [4.78, 5) is 4.78. The quantitative estimate of drug-likeness (QED) is 0.840. The molecule has 1 atom stereocenters. The van der Waals surface area contributed by atoms with Crippen LogP contribution in [0.1, 0.15) is 55.9 Å². The molecule has 1 unspecified atom stereocenters. The van der Waals surface area contributed by atoms with Crippen molar-refractivity contribution in [3.05, 3.63) is 50.9 Å². The lowest BCUT2D eigenvalue weighted by Crippen LogP contribution is -2.29. The second-order valence-corrected chi connectivity index (χ2v) is 6.84. The number of aromatic nitrogens is 1. The van der Waals surface area contributed by atoms with Crippen molar-refractivity contribution in [2.24, 2.45) is 0 Å². The molecule has 0 radical (unpaired) electrons. The minimum absolute atomic E-state index is 0.0567. The third kappa shape index (κ3) is 3.60. The van der Waals surface area contributed by atoms with Crippen LogP contribution in [0.3, 0.4) is 0 Å². The molecule has 2 rings (SSSR count). The fourth-order valence-electron chi connectivity index (χ4n) is 2.04. The van der Waals surface area contributed by atoms with Crippen LogP contribution in [0.25, 0.3) is 0 Å². The lowest BCUT2D eigenvalue weighted by molar-refractivity contribution is 0.526. The van der Waals surface area contributed by atoms with E-state index in [0.717, 1.165) is 21.3 Å². The van der Waals surface area contributed by atoms with E-state index in [1.165, 1.54) is 0 Å². The molecule has 0 saturated heterocycles. The Morgan fingerprint density at radius 1 is 1.15 bits per heavy atom. The standard InChI is InChI=1S/C16H21ClN2S/c1-10(2)14-9-20-16(19-14)15(18-11(3)4)12-7-5-6-8-13(12)17/h5-11,15,18H,1-4H3. The van der Waals surface area contributed by atoms with Crippen molar-refractivity contribution in [2.75, 3.05) is 0 Å². The van der Waals surface area contributed by atoms with Crippen LogP contribution in [0.4, 0.5) is 0 Å². The van der Waals surface area contributed by atoms with E-state index in [2.05, 4.69) is 44.5 Å². The van der Waals surface area contributed by atoms with Gasteiger partial charge in [-0.3, -0.25) is 0 Å². The SMILES string of the molecule is CC(C)NC(c1nc(C(C)C)cs1)c1ccccc1Cl. The predicted octanol–water partition coefficient (Wildman–Crippen LogP) is 5.01. The van der Waals surface area contributed by atoms with Crippen LogP contribution in [-0.4, -0.2) is 11.0 Å². The van der Waals surface area contributed by atoms with Crippen molar-refractivity contribution in [1.82, 2.24) is 10.3 Å². The van der Waals surface area contributed by atoms with Gasteiger partial charge in [-0.25, -0.2) is 4.98 Å². The highest BCUT2D eigenvalue weighted by Crippen LogP contribution is 2.31. The first kappa shape index (κ1) is 15.5. The van der Waals surface area contributed by atoms with E-state index in [1.807, 2.05) is 18.2 Å². The molecule has 1 aromatic carbocycles. The van der Waals surface area contributed by atoms with Gasteiger partial charge in [0.05, 0.1) is 11.7 Å². The van der Waals surface area contributed by atoms with E-state index in [1.54, 1.807) is 11.3 Å². The zero-order chi connectivity index (χ0) is 14.7. The van der Waals surface area contributed by atoms with Crippen molar-refractivity contribution in [2.45, 2.75) is 45.7 Å². The highest BCUT2D eigenvalue weighted by Gasteiger charge is 2.21. The number of benzene rings is 1. The number of nitrogens with zero attached hydrogens (tertiary/aromatic N) is 1. The second kappa shape index (κ2) is 6.70. The molecule has 20 heavy (non-hydrogen) atoms. The van der Waals surface area contributed by atoms with Gasteiger partial charge in [0.25, 0.3) is 0 Å². The van der Waals surface area contributed by atoms with Crippen LogP contribution in [0.2, 0.25) is 5.02 Å². The second-order valence-electron chi connectivity index (χ2n) is 5.54. The zero-order valence-corrected chi connectivity index (χ0v) is 13.9. The van der Waals surface area contributed by atoms with Gasteiger partial charge in [0.15, 0.2) is 0 Å². The largest absolute Gasteiger partial charge is 0.302 e. The highest BCUT2D eigenvalue weighted by molar-refractivity contribution is 7.09. The van der Waals surface area contributed by atoms with Crippen molar-refractivity contribution >= 4 is 22.9 Å². The Morgan fingerprint density at radius 3 is 2.40 bits per heavy atom. The minimum atomic E-state index is 0.0567. The molecule has 0 bridgehead atoms. The molecule has 4 heteroatoms. The van der Waals surface area contributed by atoms with Gasteiger partial charge in [-0.1, -0.05) is 43.6 Å². The average Bonchev–Trinajstić information content (AvgIpc) is 2.86. The molecule has 2 aromatic rings. The average molecular weight is 309 g/mol. The normalized spacial score (nSPS) is 13.2. The van der Waals surface area contributed by atoms with Gasteiger partial charge in [0, 0.05) is 16.4 Å². The topological polar surface area (TPSA) is 24.9 Å². The van der Waals surface area contributed by atoms with E-state index in [0.29, 0.717) is 12.0 Å². The first-order valence-corrected chi connectivity index (χ1v) is 8.20. The summed E-state index contributed by atoms with van der Waals surface area (Å²) in [5.74, 6) is 0.450. The molecule has 0 amide bonds. The molecule has 2 nitrogen and oxygen atoms in total. The summed E-state index contributed by atoms with van der Waals surface area (Å²) >= 11 is 8.06. The molecule has 0 aliphatic heterocycles. The summed E-state index contributed by atoms with van der Waals surface area (Å²) in [6.07, 6.45) is 0. The van der Waals surface area contributed by atoms with Gasteiger partial charge >= 0.3 is 0 Å². The van der Waals surface area contributed by atoms with Crippen LogP contribution in [0.5, 0.6) is 0 Å². The Labute approximate surface area is 130 Å². The Kier molecular flexibility index (Phi) is 5.19. The molecule has 0 aliphatic carbocycles. The van der Waals surface area contributed by atoms with Gasteiger partial charge < -0.3 is 5.32 Å². The Bertz CT molecular complexity index is 563. The van der Waals surface area contributed by atoms with E-state index in [9.17, 15) is 0 Å². The molecular weight excluding hydrogens is 288 g/mol. The zero-order valence-electron chi connectivity index (χ0n) is 12.4. The molecule has 0 fully saturated rings. The maximum atomic E-state index is 6.36. The van der Waals surface area contributed by atoms with Crippen LogP contribution in [0.15, 0.2) is 29.6 Å². The molecular formula is C16H21ClN2S. The van der Waals surface area contributed by atoms with Crippen molar-refractivity contribution in [3.63, 3.8) is 0 Å². The van der Waals surface area contributed by atoms with E-state index in [4.69, 9.17) is 16.6 Å². The number of hydrogen-bond donors (Lipinski definition) is 1. The molecule has 1 N–H and O–H groups in total. The molecule has 1 aromatic heterocycles. The van der Waals surface area contributed by atoms with E-state index in [-0.39, 0.29) is 6.04 Å². The highest BCUT2D eigenvalue weighted by atomic mass is 35.5. The number of thiazole rings is 1. The molecule has 108 valence electrons. The third-order valence-corrected chi connectivity index (χ3v) is 4.37. The van der Waals surface area contributed by atoms with Crippen molar-refractivity contribution in [1.29, 1.82) is 0 Å². The lowest BCUT2D eigenvalue weighted by Gasteiger charge is -2.20.